The van der Waals surface area contributed by atoms with E-state index in [0.29, 0.717) is 0 Å². The highest BCUT2D eigenvalue weighted by molar-refractivity contribution is 5.44. The van der Waals surface area contributed by atoms with Crippen LogP contribution in [0.1, 0.15) is 19.8 Å². The summed E-state index contributed by atoms with van der Waals surface area (Å²) in [5.74, 6) is 1.61. The highest BCUT2D eigenvalue weighted by Crippen LogP contribution is 2.17. The van der Waals surface area contributed by atoms with E-state index in [0.717, 1.165) is 43.7 Å². The van der Waals surface area contributed by atoms with Crippen LogP contribution < -0.4 is 10.2 Å². The molecule has 0 amide bonds. The molecule has 0 aromatic carbocycles. The van der Waals surface area contributed by atoms with Crippen LogP contribution >= 0.6 is 0 Å². The minimum atomic E-state index is 0.757. The molecular weight excluding hydrogens is 238 g/mol. The second-order valence-corrected chi connectivity index (χ2v) is 5.15. The Morgan fingerprint density at radius 2 is 2.21 bits per heavy atom. The number of pyridine rings is 1. The molecular formula is C14H21N5. The zero-order valence-corrected chi connectivity index (χ0v) is 11.4. The Labute approximate surface area is 113 Å². The van der Waals surface area contributed by atoms with E-state index in [2.05, 4.69) is 27.2 Å². The fourth-order valence-electron chi connectivity index (χ4n) is 2.68. The van der Waals surface area contributed by atoms with E-state index in [1.807, 2.05) is 28.9 Å². The van der Waals surface area contributed by atoms with Crippen LogP contribution in [0.25, 0.3) is 5.65 Å². The van der Waals surface area contributed by atoms with Gasteiger partial charge in [-0.1, -0.05) is 6.07 Å². The van der Waals surface area contributed by atoms with E-state index in [-0.39, 0.29) is 0 Å². The standard InChI is InChI=1S/C14H21N5/c1-2-18(11-12-6-8-15-9-7-12)14-16-13-5-3-4-10-19(13)17-14/h3-5,10,12,15H,2,6-9,11H2,1H3. The lowest BCUT2D eigenvalue weighted by atomic mass is 9.98. The van der Waals surface area contributed by atoms with E-state index in [4.69, 9.17) is 0 Å². The number of piperidine rings is 1. The second-order valence-electron chi connectivity index (χ2n) is 5.15. The number of aromatic nitrogens is 3. The van der Waals surface area contributed by atoms with Gasteiger partial charge in [-0.25, -0.2) is 4.52 Å². The van der Waals surface area contributed by atoms with Crippen molar-refractivity contribution in [1.29, 1.82) is 0 Å². The summed E-state index contributed by atoms with van der Waals surface area (Å²) in [5.41, 5.74) is 0.918. The second kappa shape index (κ2) is 5.57. The van der Waals surface area contributed by atoms with Crippen LogP contribution in [-0.2, 0) is 0 Å². The molecule has 3 rings (SSSR count). The molecule has 1 aliphatic rings. The largest absolute Gasteiger partial charge is 0.340 e. The van der Waals surface area contributed by atoms with Crippen molar-refractivity contribution in [2.45, 2.75) is 19.8 Å². The summed E-state index contributed by atoms with van der Waals surface area (Å²) in [7, 11) is 0. The van der Waals surface area contributed by atoms with Crippen molar-refractivity contribution in [1.82, 2.24) is 19.9 Å². The van der Waals surface area contributed by atoms with Gasteiger partial charge in [0.15, 0.2) is 5.65 Å². The molecule has 3 heterocycles. The van der Waals surface area contributed by atoms with Crippen LogP contribution in [0.5, 0.6) is 0 Å². The number of nitrogens with zero attached hydrogens (tertiary/aromatic N) is 4. The molecule has 0 spiro atoms. The van der Waals surface area contributed by atoms with Gasteiger partial charge in [-0.15, -0.1) is 5.10 Å². The van der Waals surface area contributed by atoms with Gasteiger partial charge >= 0.3 is 0 Å². The molecule has 1 aliphatic heterocycles. The summed E-state index contributed by atoms with van der Waals surface area (Å²) in [5, 5.41) is 7.98. The highest BCUT2D eigenvalue weighted by atomic mass is 15.4. The molecule has 0 atom stereocenters. The molecule has 0 radical (unpaired) electrons. The van der Waals surface area contributed by atoms with Gasteiger partial charge in [-0.3, -0.25) is 0 Å². The number of fused-ring (bicyclic) bond motifs is 1. The number of hydrogen-bond acceptors (Lipinski definition) is 4. The van der Waals surface area contributed by atoms with Crippen LogP contribution in [0.2, 0.25) is 0 Å². The maximum atomic E-state index is 4.61. The molecule has 1 fully saturated rings. The topological polar surface area (TPSA) is 45.5 Å². The molecule has 0 unspecified atom stereocenters. The van der Waals surface area contributed by atoms with Crippen molar-refractivity contribution in [3.8, 4) is 0 Å². The van der Waals surface area contributed by atoms with E-state index in [1.165, 1.54) is 12.8 Å². The zero-order valence-electron chi connectivity index (χ0n) is 11.4. The molecule has 0 saturated carbocycles. The van der Waals surface area contributed by atoms with Gasteiger partial charge in [0.25, 0.3) is 0 Å². The van der Waals surface area contributed by atoms with E-state index in [9.17, 15) is 0 Å². The summed E-state index contributed by atoms with van der Waals surface area (Å²) in [6, 6.07) is 5.97. The molecule has 2 aromatic heterocycles. The Kier molecular flexibility index (Phi) is 3.64. The maximum Gasteiger partial charge on any atom is 0.245 e. The summed E-state index contributed by atoms with van der Waals surface area (Å²) in [6.45, 7) is 6.48. The van der Waals surface area contributed by atoms with Gasteiger partial charge in [0.2, 0.25) is 5.95 Å². The Morgan fingerprint density at radius 3 is 2.95 bits per heavy atom. The molecule has 19 heavy (non-hydrogen) atoms. The Morgan fingerprint density at radius 1 is 1.37 bits per heavy atom. The molecule has 5 nitrogen and oxygen atoms in total. The third kappa shape index (κ3) is 2.71. The molecule has 2 aromatic rings. The van der Waals surface area contributed by atoms with Gasteiger partial charge in [0, 0.05) is 19.3 Å². The summed E-state index contributed by atoms with van der Waals surface area (Å²) in [4.78, 5) is 6.91. The van der Waals surface area contributed by atoms with E-state index in [1.54, 1.807) is 0 Å². The third-order valence-corrected chi connectivity index (χ3v) is 3.83. The van der Waals surface area contributed by atoms with E-state index >= 15 is 0 Å². The third-order valence-electron chi connectivity index (χ3n) is 3.83. The number of hydrogen-bond donors (Lipinski definition) is 1. The first-order valence-corrected chi connectivity index (χ1v) is 7.14. The SMILES string of the molecule is CCN(CC1CCNCC1)c1nc2ccccn2n1. The van der Waals surface area contributed by atoms with Gasteiger partial charge in [-0.05, 0) is 50.9 Å². The number of rotatable bonds is 4. The first-order valence-electron chi connectivity index (χ1n) is 7.14. The van der Waals surface area contributed by atoms with Crippen LogP contribution in [-0.4, -0.2) is 40.8 Å². The van der Waals surface area contributed by atoms with Crippen molar-refractivity contribution >= 4 is 11.6 Å². The lowest BCUT2D eigenvalue weighted by Crippen LogP contribution is -2.36. The maximum absolute atomic E-state index is 4.61. The molecule has 5 heteroatoms. The minimum absolute atomic E-state index is 0.757. The monoisotopic (exact) mass is 259 g/mol. The molecule has 102 valence electrons. The van der Waals surface area contributed by atoms with Gasteiger partial charge in [0.05, 0.1) is 0 Å². The fraction of sp³-hybridized carbons (Fsp3) is 0.571. The van der Waals surface area contributed by atoms with Crippen molar-refractivity contribution in [3.05, 3.63) is 24.4 Å². The average molecular weight is 259 g/mol. The van der Waals surface area contributed by atoms with Crippen molar-refractivity contribution in [2.75, 3.05) is 31.1 Å². The smallest absolute Gasteiger partial charge is 0.245 e. The highest BCUT2D eigenvalue weighted by Gasteiger charge is 2.18. The first kappa shape index (κ1) is 12.4. The van der Waals surface area contributed by atoms with Gasteiger partial charge in [0.1, 0.15) is 0 Å². The van der Waals surface area contributed by atoms with Crippen molar-refractivity contribution < 1.29 is 0 Å². The molecule has 0 bridgehead atoms. The van der Waals surface area contributed by atoms with Gasteiger partial charge < -0.3 is 10.2 Å². The van der Waals surface area contributed by atoms with Crippen LogP contribution in [0.4, 0.5) is 5.95 Å². The predicted octanol–water partition coefficient (Wildman–Crippen LogP) is 1.56. The Balaban J connectivity index is 1.76. The average Bonchev–Trinajstić information content (AvgIpc) is 2.89. The molecule has 1 saturated heterocycles. The lowest BCUT2D eigenvalue weighted by Gasteiger charge is -2.28. The van der Waals surface area contributed by atoms with Gasteiger partial charge in [-0.2, -0.15) is 4.98 Å². The quantitative estimate of drug-likeness (QED) is 0.905. The predicted molar refractivity (Wildman–Crippen MR) is 76.5 cm³/mol. The summed E-state index contributed by atoms with van der Waals surface area (Å²) in [6.07, 6.45) is 4.46. The van der Waals surface area contributed by atoms with Crippen molar-refractivity contribution in [2.24, 2.45) is 5.92 Å². The van der Waals surface area contributed by atoms with Crippen LogP contribution in [0.15, 0.2) is 24.4 Å². The fourth-order valence-corrected chi connectivity index (χ4v) is 2.68. The van der Waals surface area contributed by atoms with Crippen molar-refractivity contribution in [3.63, 3.8) is 0 Å². The Hall–Kier alpha value is -1.62. The molecule has 1 N–H and O–H groups in total. The lowest BCUT2D eigenvalue weighted by molar-refractivity contribution is 0.373. The first-order chi connectivity index (χ1) is 9.36. The van der Waals surface area contributed by atoms with Crippen LogP contribution in [0.3, 0.4) is 0 Å². The number of anilines is 1. The minimum Gasteiger partial charge on any atom is -0.340 e. The Bertz CT molecular complexity index is 496. The normalized spacial score (nSPS) is 16.9. The van der Waals surface area contributed by atoms with E-state index < -0.39 is 0 Å². The summed E-state index contributed by atoms with van der Waals surface area (Å²) >= 11 is 0. The summed E-state index contributed by atoms with van der Waals surface area (Å²) < 4.78 is 1.85. The van der Waals surface area contributed by atoms with Crippen LogP contribution in [0, 0.1) is 5.92 Å². The zero-order chi connectivity index (χ0) is 13.1. The number of nitrogens with one attached hydrogen (secondary N) is 1. The molecule has 0 aliphatic carbocycles.